The number of alkyl carbamates (subject to hydrolysis) is 2. The highest BCUT2D eigenvalue weighted by Crippen LogP contribution is 2.51. The monoisotopic (exact) mass is 1390 g/mol. The molecule has 21 heteroatoms. The summed E-state index contributed by atoms with van der Waals surface area (Å²) >= 11 is 0. The smallest absolute Gasteiger partial charge is 0.445 e. The molecule has 6 aromatic rings. The SMILES string of the molecule is C[C@@]12CCCCC[C@@H](Cc3ccc(OC(=O)N4CCOCC4)cc31)[C@@H]2N.C[C@@]12CCCCC[C@@H](Cc3ccc(OC(=O)N4CCOCC4)cc31)[C@@H]2NC(=O)OCc1ccccc1.C[C@@]12CCCCC[C@@H](Cc3ccc(OC(=O)Oc4ccc([N+](=O)[O-])cc4)cc31)[C@@H]2NC(=O)OCc1ccccc1. The molecule has 0 spiro atoms. The largest absolute Gasteiger partial charge is 0.519 e. The van der Waals surface area contributed by atoms with Crippen LogP contribution in [0, 0.1) is 27.9 Å². The lowest BCUT2D eigenvalue weighted by atomic mass is 9.59. The van der Waals surface area contributed by atoms with Crippen LogP contribution in [0.25, 0.3) is 0 Å². The highest BCUT2D eigenvalue weighted by molar-refractivity contribution is 5.73. The molecule has 4 N–H and O–H groups in total. The van der Waals surface area contributed by atoms with Gasteiger partial charge in [0.2, 0.25) is 0 Å². The highest BCUT2D eigenvalue weighted by Gasteiger charge is 2.49. The normalized spacial score (nSPS) is 25.6. The number of nitro groups is 1. The van der Waals surface area contributed by atoms with Crippen molar-refractivity contribution in [3.8, 4) is 23.0 Å². The van der Waals surface area contributed by atoms with Crippen LogP contribution in [-0.2, 0) is 67.7 Å². The number of non-ortho nitro benzene ring substituents is 1. The molecular formula is C81H98N6O15. The van der Waals surface area contributed by atoms with Crippen LogP contribution in [0.4, 0.5) is 29.7 Å². The number of ether oxygens (including phenoxy) is 8. The van der Waals surface area contributed by atoms with Crippen LogP contribution in [0.3, 0.4) is 0 Å². The molecule has 3 saturated carbocycles. The minimum Gasteiger partial charge on any atom is -0.445 e. The van der Waals surface area contributed by atoms with Gasteiger partial charge in [0.15, 0.2) is 0 Å². The van der Waals surface area contributed by atoms with Gasteiger partial charge in [-0.25, -0.2) is 24.0 Å². The van der Waals surface area contributed by atoms with Crippen molar-refractivity contribution in [3.05, 3.63) is 194 Å². The zero-order chi connectivity index (χ0) is 71.2. The van der Waals surface area contributed by atoms with E-state index < -0.39 is 17.2 Å². The molecule has 0 unspecified atom stereocenters. The predicted molar refractivity (Wildman–Crippen MR) is 384 cm³/mol. The number of rotatable bonds is 11. The molecule has 21 nitrogen and oxygen atoms in total. The van der Waals surface area contributed by atoms with Gasteiger partial charge in [-0.15, -0.1) is 0 Å². The number of morpholine rings is 2. The van der Waals surface area contributed by atoms with Gasteiger partial charge >= 0.3 is 30.5 Å². The van der Waals surface area contributed by atoms with Crippen molar-refractivity contribution in [1.82, 2.24) is 20.4 Å². The number of hydrogen-bond donors (Lipinski definition) is 3. The van der Waals surface area contributed by atoms with Gasteiger partial charge in [-0.05, 0) is 169 Å². The highest BCUT2D eigenvalue weighted by atomic mass is 16.7. The van der Waals surface area contributed by atoms with Crippen molar-refractivity contribution in [1.29, 1.82) is 0 Å². The topological polar surface area (TPSA) is 259 Å². The number of nitrogens with two attached hydrogens (primary N) is 1. The van der Waals surface area contributed by atoms with Crippen LogP contribution in [0.2, 0.25) is 0 Å². The van der Waals surface area contributed by atoms with Gasteiger partial charge < -0.3 is 64.1 Å². The Balaban J connectivity index is 0.000000148. The van der Waals surface area contributed by atoms with Gasteiger partial charge in [0, 0.05) is 72.7 Å². The van der Waals surface area contributed by atoms with E-state index in [4.69, 9.17) is 43.6 Å². The van der Waals surface area contributed by atoms with Crippen LogP contribution in [-0.4, -0.2) is 116 Å². The van der Waals surface area contributed by atoms with Crippen molar-refractivity contribution in [3.63, 3.8) is 0 Å². The van der Waals surface area contributed by atoms with Gasteiger partial charge in [0.25, 0.3) is 5.69 Å². The van der Waals surface area contributed by atoms with Crippen molar-refractivity contribution in [2.45, 2.75) is 184 Å². The summed E-state index contributed by atoms with van der Waals surface area (Å²) in [6.07, 6.45) is 17.1. The number of benzene rings is 6. The van der Waals surface area contributed by atoms with Crippen LogP contribution in [0.5, 0.6) is 23.0 Å². The maximum absolute atomic E-state index is 13.0. The number of nitrogens with one attached hydrogen (secondary N) is 2. The summed E-state index contributed by atoms with van der Waals surface area (Å²) in [7, 11) is 0. The fourth-order valence-electron chi connectivity index (χ4n) is 17.2. The Morgan fingerprint density at radius 2 is 0.853 bits per heavy atom. The fourth-order valence-corrected chi connectivity index (χ4v) is 17.2. The molecule has 2 heterocycles. The lowest BCUT2D eigenvalue weighted by molar-refractivity contribution is -0.384. The predicted octanol–water partition coefficient (Wildman–Crippen LogP) is 15.3. The van der Waals surface area contributed by atoms with E-state index in [1.54, 1.807) is 15.9 Å². The quantitative estimate of drug-likeness (QED) is 0.0471. The molecule has 9 atom stereocenters. The van der Waals surface area contributed by atoms with E-state index in [1.165, 1.54) is 90.6 Å². The molecule has 0 aromatic heterocycles. The van der Waals surface area contributed by atoms with E-state index in [0.29, 0.717) is 81.7 Å². The Kier molecular flexibility index (Phi) is 23.8. The molecule has 6 aromatic carbocycles. The van der Waals surface area contributed by atoms with Gasteiger partial charge in [0.05, 0.1) is 31.4 Å². The first-order chi connectivity index (χ1) is 49.4. The number of hydrogen-bond acceptors (Lipinski definition) is 16. The molecule has 0 radical (unpaired) electrons. The van der Waals surface area contributed by atoms with Crippen LogP contribution in [0.15, 0.2) is 140 Å². The maximum atomic E-state index is 13.0. The second-order valence-electron chi connectivity index (χ2n) is 29.4. The number of nitro benzene ring substituents is 1. The van der Waals surface area contributed by atoms with Crippen LogP contribution < -0.4 is 35.3 Å². The molecule has 542 valence electrons. The number of carbonyl (C=O) groups excluding carboxylic acids is 5. The van der Waals surface area contributed by atoms with Crippen molar-refractivity contribution in [2.75, 3.05) is 52.6 Å². The third kappa shape index (κ3) is 17.5. The van der Waals surface area contributed by atoms with Crippen LogP contribution >= 0.6 is 0 Å². The first kappa shape index (κ1) is 72.7. The summed E-state index contributed by atoms with van der Waals surface area (Å²) in [6.45, 7) is 11.7. The third-order valence-electron chi connectivity index (χ3n) is 22.8. The lowest BCUT2D eigenvalue weighted by Gasteiger charge is -2.49. The molecule has 6 aliphatic carbocycles. The van der Waals surface area contributed by atoms with Gasteiger partial charge in [0.1, 0.15) is 36.2 Å². The second-order valence-corrected chi connectivity index (χ2v) is 29.4. The number of amides is 4. The zero-order valence-electron chi connectivity index (χ0n) is 59.1. The Labute approximate surface area is 597 Å². The number of carbonyl (C=O) groups is 5. The third-order valence-corrected chi connectivity index (χ3v) is 22.8. The van der Waals surface area contributed by atoms with Gasteiger partial charge in [-0.2, -0.15) is 0 Å². The Hall–Kier alpha value is -9.05. The Bertz CT molecular complexity index is 3890. The van der Waals surface area contributed by atoms with E-state index in [2.05, 4.69) is 49.6 Å². The lowest BCUT2D eigenvalue weighted by Crippen LogP contribution is -2.57. The number of fused-ring (bicyclic) bond motifs is 12. The minimum absolute atomic E-state index is 0.0277. The Morgan fingerprint density at radius 1 is 0.480 bits per heavy atom. The minimum atomic E-state index is -0.940. The standard InChI is InChI=1S/C31H32N2O7.C29H36N2O5.C21H30N2O3/c1-31-17-7-3-6-10-23(28(31)32-29(34)38-20-21-8-4-2-5-9-21)18-22-11-14-26(19-27(22)31)40-30(35)39-25-15-12-24(13-16-25)33(36)37;1-29-13-7-3-6-10-23(26(29)30-27(32)35-20-21-8-4-2-5-9-21)18-22-11-12-24(19-25(22)29)36-28(33)31-14-16-34-17-15-31;1-21-8-4-2-3-5-16(19(21)22)13-15-6-7-17(14-18(15)21)26-20(24)23-9-11-25-12-10-23/h2,4-5,8-9,11-16,19,23,28H,3,6-7,10,17-18,20H2,1H3,(H,32,34);2,4-5,8-9,11-12,19,23,26H,3,6-7,10,13-18,20H2,1H3,(H,30,32);6-7,14,16,19H,2-5,8-13,22H2,1H3/t23-,28-,31+;23-,26-,29+;16-,19-,21+/m000/s1. The van der Waals surface area contributed by atoms with E-state index >= 15 is 0 Å². The molecular weight excluding hydrogens is 1300 g/mol. The second kappa shape index (κ2) is 33.4. The van der Waals surface area contributed by atoms with E-state index in [-0.39, 0.29) is 83.2 Å². The molecule has 102 heavy (non-hydrogen) atoms. The Morgan fingerprint density at radius 3 is 1.28 bits per heavy atom. The van der Waals surface area contributed by atoms with Gasteiger partial charge in [-0.1, -0.05) is 157 Å². The molecule has 14 rings (SSSR count). The summed E-state index contributed by atoms with van der Waals surface area (Å²) < 4.78 is 44.0. The molecule has 2 saturated heterocycles. The van der Waals surface area contributed by atoms with Crippen molar-refractivity contribution < 1.29 is 66.8 Å². The van der Waals surface area contributed by atoms with E-state index in [9.17, 15) is 34.1 Å². The van der Waals surface area contributed by atoms with Crippen molar-refractivity contribution in [2.24, 2.45) is 23.5 Å². The molecule has 6 bridgehead atoms. The summed E-state index contributed by atoms with van der Waals surface area (Å²) in [4.78, 5) is 77.2. The summed E-state index contributed by atoms with van der Waals surface area (Å²) in [5.74, 6) is 2.83. The first-order valence-corrected chi connectivity index (χ1v) is 36.8. The molecule has 4 amide bonds. The van der Waals surface area contributed by atoms with E-state index in [0.717, 1.165) is 93.7 Å². The first-order valence-electron chi connectivity index (χ1n) is 36.8. The maximum Gasteiger partial charge on any atom is 0.519 e. The average molecular weight is 1400 g/mol. The van der Waals surface area contributed by atoms with Crippen molar-refractivity contribution >= 4 is 36.2 Å². The molecule has 5 fully saturated rings. The summed E-state index contributed by atoms with van der Waals surface area (Å²) in [5.41, 5.74) is 15.2. The summed E-state index contributed by atoms with van der Waals surface area (Å²) in [6, 6.07) is 42.3. The fraction of sp³-hybridized carbons (Fsp3) is 0.494. The van der Waals surface area contributed by atoms with Crippen LogP contribution in [0.1, 0.15) is 162 Å². The molecule has 8 aliphatic rings. The number of nitrogens with zero attached hydrogens (tertiary/aromatic N) is 3. The van der Waals surface area contributed by atoms with Gasteiger partial charge in [-0.3, -0.25) is 10.1 Å². The zero-order valence-corrected chi connectivity index (χ0v) is 59.1. The van der Waals surface area contributed by atoms with E-state index in [1.807, 2.05) is 91.0 Å². The molecule has 2 aliphatic heterocycles. The summed E-state index contributed by atoms with van der Waals surface area (Å²) in [5, 5.41) is 17.3. The average Bonchev–Trinajstić information content (AvgIpc) is 0.756.